The second kappa shape index (κ2) is 10.6. The van der Waals surface area contributed by atoms with Gasteiger partial charge in [-0.15, -0.1) is 0 Å². The summed E-state index contributed by atoms with van der Waals surface area (Å²) < 4.78 is 13.5. The fourth-order valence-corrected chi connectivity index (χ4v) is 5.05. The van der Waals surface area contributed by atoms with Crippen LogP contribution >= 0.6 is 23.4 Å². The van der Waals surface area contributed by atoms with Crippen molar-refractivity contribution in [3.63, 3.8) is 0 Å². The van der Waals surface area contributed by atoms with E-state index in [1.54, 1.807) is 12.1 Å². The van der Waals surface area contributed by atoms with Crippen LogP contribution in [0.15, 0.2) is 89.5 Å². The summed E-state index contributed by atoms with van der Waals surface area (Å²) in [5.41, 5.74) is 1.85. The van der Waals surface area contributed by atoms with Crippen LogP contribution in [0, 0.1) is 17.1 Å². The molecule has 1 aliphatic heterocycles. The molecule has 1 fully saturated rings. The summed E-state index contributed by atoms with van der Waals surface area (Å²) in [7, 11) is 0. The lowest BCUT2D eigenvalue weighted by Crippen LogP contribution is -2.32. The quantitative estimate of drug-likeness (QED) is 0.379. The number of nitriles is 1. The summed E-state index contributed by atoms with van der Waals surface area (Å²) >= 11 is 7.43. The molecule has 5 nitrogen and oxygen atoms in total. The number of nitrogens with zero attached hydrogens (tertiary/aromatic N) is 2. The average molecular weight is 492 g/mol. The zero-order valence-corrected chi connectivity index (χ0v) is 19.4. The first kappa shape index (κ1) is 23.6. The zero-order valence-electron chi connectivity index (χ0n) is 17.9. The predicted molar refractivity (Wildman–Crippen MR) is 131 cm³/mol. The van der Waals surface area contributed by atoms with Gasteiger partial charge in [-0.05, 0) is 47.9 Å². The number of nitrogens with one attached hydrogen (secondary N) is 1. The molecule has 0 aromatic heterocycles. The molecule has 0 saturated carbocycles. The number of rotatable bonds is 6. The van der Waals surface area contributed by atoms with Crippen molar-refractivity contribution in [1.82, 2.24) is 5.32 Å². The summed E-state index contributed by atoms with van der Waals surface area (Å²) in [4.78, 5) is 27.7. The van der Waals surface area contributed by atoms with Crippen molar-refractivity contribution < 1.29 is 14.0 Å². The van der Waals surface area contributed by atoms with Crippen LogP contribution in [0.2, 0.25) is 5.02 Å². The van der Waals surface area contributed by atoms with E-state index in [2.05, 4.69) is 5.32 Å². The fraction of sp³-hybridized carbons (Fsp3) is 0.115. The molecule has 1 saturated heterocycles. The monoisotopic (exact) mass is 491 g/mol. The number of hydrogen-bond donors (Lipinski definition) is 1. The number of benzene rings is 3. The van der Waals surface area contributed by atoms with Gasteiger partial charge in [0, 0.05) is 17.3 Å². The summed E-state index contributed by atoms with van der Waals surface area (Å²) in [5, 5.41) is 12.7. The number of thioether (sulfide) groups is 1. The van der Waals surface area contributed by atoms with Crippen LogP contribution in [-0.4, -0.2) is 17.1 Å². The van der Waals surface area contributed by atoms with Crippen molar-refractivity contribution in [3.05, 3.63) is 111 Å². The molecule has 0 spiro atoms. The Kier molecular flexibility index (Phi) is 7.31. The van der Waals surface area contributed by atoms with Gasteiger partial charge < -0.3 is 5.32 Å². The molecule has 1 atom stereocenters. The molecule has 1 aliphatic rings. The largest absolute Gasteiger partial charge is 0.347 e. The Morgan fingerprint density at radius 1 is 1.06 bits per heavy atom. The summed E-state index contributed by atoms with van der Waals surface area (Å²) in [6.07, 6.45) is 0.314. The molecule has 1 heterocycles. The second-order valence-electron chi connectivity index (χ2n) is 7.51. The minimum Gasteiger partial charge on any atom is -0.347 e. The Morgan fingerprint density at radius 2 is 1.74 bits per heavy atom. The molecule has 2 amide bonds. The Bertz CT molecular complexity index is 1290. The van der Waals surface area contributed by atoms with Crippen LogP contribution in [0.1, 0.15) is 11.1 Å². The molecule has 0 aliphatic carbocycles. The summed E-state index contributed by atoms with van der Waals surface area (Å²) in [6.45, 7) is 0.232. The first-order valence-corrected chi connectivity index (χ1v) is 11.7. The molecular formula is C26H19ClFN3O2S. The second-order valence-corrected chi connectivity index (χ2v) is 9.11. The number of carbonyl (C=O) groups is 2. The number of amides is 2. The van der Waals surface area contributed by atoms with Crippen molar-refractivity contribution in [2.24, 2.45) is 0 Å². The number of hydrogen-bond acceptors (Lipinski definition) is 4. The SMILES string of the molecule is N#C/C(C(=O)NCc1ccccc1)=C1/S[C@@H](Cc2ccccc2Cl)C(=O)N1c1ccc(F)cc1. The van der Waals surface area contributed by atoms with Crippen LogP contribution in [0.25, 0.3) is 0 Å². The first-order chi connectivity index (χ1) is 16.5. The number of carbonyl (C=O) groups excluding carboxylic acids is 2. The molecule has 3 aromatic rings. The highest BCUT2D eigenvalue weighted by atomic mass is 35.5. The van der Waals surface area contributed by atoms with E-state index in [4.69, 9.17) is 11.6 Å². The maximum atomic E-state index is 13.5. The minimum atomic E-state index is -0.606. The average Bonchev–Trinajstić information content (AvgIpc) is 3.16. The van der Waals surface area contributed by atoms with Gasteiger partial charge in [0.25, 0.3) is 5.91 Å². The lowest BCUT2D eigenvalue weighted by molar-refractivity contribution is -0.117. The lowest BCUT2D eigenvalue weighted by Gasteiger charge is -2.18. The molecular weight excluding hydrogens is 473 g/mol. The van der Waals surface area contributed by atoms with E-state index >= 15 is 0 Å². The summed E-state index contributed by atoms with van der Waals surface area (Å²) in [5.74, 6) is -1.36. The predicted octanol–water partition coefficient (Wildman–Crippen LogP) is 5.22. The van der Waals surface area contributed by atoms with Gasteiger partial charge >= 0.3 is 0 Å². The molecule has 8 heteroatoms. The van der Waals surface area contributed by atoms with Gasteiger partial charge in [0.05, 0.1) is 5.25 Å². The van der Waals surface area contributed by atoms with Crippen molar-refractivity contribution in [2.45, 2.75) is 18.2 Å². The van der Waals surface area contributed by atoms with Gasteiger partial charge in [-0.1, -0.05) is 71.9 Å². The third kappa shape index (κ3) is 5.14. The van der Waals surface area contributed by atoms with E-state index in [1.165, 1.54) is 29.2 Å². The Morgan fingerprint density at radius 3 is 2.41 bits per heavy atom. The van der Waals surface area contributed by atoms with Gasteiger partial charge in [-0.2, -0.15) is 5.26 Å². The lowest BCUT2D eigenvalue weighted by atomic mass is 10.1. The van der Waals surface area contributed by atoms with Gasteiger partial charge in [0.2, 0.25) is 5.91 Å². The molecule has 4 rings (SSSR count). The standard InChI is InChI=1S/C26H19ClFN3O2S/c27-22-9-5-4-8-18(22)14-23-25(33)31(20-12-10-19(28)11-13-20)26(34-23)21(15-29)24(32)30-16-17-6-2-1-3-7-17/h1-13,23H,14,16H2,(H,30,32)/b26-21-/t23-/m0/s1. The topological polar surface area (TPSA) is 73.2 Å². The van der Waals surface area contributed by atoms with Crippen LogP contribution < -0.4 is 10.2 Å². The molecule has 34 heavy (non-hydrogen) atoms. The van der Waals surface area contributed by atoms with E-state index < -0.39 is 17.0 Å². The van der Waals surface area contributed by atoms with Crippen LogP contribution in [0.4, 0.5) is 10.1 Å². The van der Waals surface area contributed by atoms with Gasteiger partial charge in [0.15, 0.2) is 0 Å². The van der Waals surface area contributed by atoms with Gasteiger partial charge in [0.1, 0.15) is 22.5 Å². The smallest absolute Gasteiger partial charge is 0.264 e. The van der Waals surface area contributed by atoms with Crippen molar-refractivity contribution in [1.29, 1.82) is 5.26 Å². The highest BCUT2D eigenvalue weighted by Crippen LogP contribution is 2.42. The van der Waals surface area contributed by atoms with Crippen LogP contribution in [0.5, 0.6) is 0 Å². The maximum absolute atomic E-state index is 13.5. The molecule has 3 aromatic carbocycles. The van der Waals surface area contributed by atoms with Crippen LogP contribution in [0.3, 0.4) is 0 Å². The molecule has 170 valence electrons. The highest BCUT2D eigenvalue weighted by molar-refractivity contribution is 8.05. The van der Waals surface area contributed by atoms with Crippen molar-refractivity contribution in [2.75, 3.05) is 4.90 Å². The van der Waals surface area contributed by atoms with Crippen molar-refractivity contribution in [3.8, 4) is 6.07 Å². The highest BCUT2D eigenvalue weighted by Gasteiger charge is 2.41. The first-order valence-electron chi connectivity index (χ1n) is 10.4. The van der Waals surface area contributed by atoms with Crippen molar-refractivity contribution >= 4 is 40.9 Å². The molecule has 1 N–H and O–H groups in total. The Balaban J connectivity index is 1.68. The Hall–Kier alpha value is -3.60. The van der Waals surface area contributed by atoms with E-state index in [1.807, 2.05) is 48.5 Å². The normalized spacial score (nSPS) is 16.8. The van der Waals surface area contributed by atoms with E-state index in [-0.39, 0.29) is 23.1 Å². The van der Waals surface area contributed by atoms with Gasteiger partial charge in [-0.3, -0.25) is 14.5 Å². The molecule has 0 unspecified atom stereocenters. The van der Waals surface area contributed by atoms with Crippen LogP contribution in [-0.2, 0) is 22.6 Å². The number of anilines is 1. The zero-order chi connectivity index (χ0) is 24.1. The maximum Gasteiger partial charge on any atom is 0.264 e. The van der Waals surface area contributed by atoms with E-state index in [0.717, 1.165) is 22.9 Å². The fourth-order valence-electron chi connectivity index (χ4n) is 3.54. The minimum absolute atomic E-state index is 0.180. The van der Waals surface area contributed by atoms with E-state index in [0.29, 0.717) is 17.1 Å². The molecule has 0 radical (unpaired) electrons. The molecule has 0 bridgehead atoms. The number of halogens is 2. The van der Waals surface area contributed by atoms with E-state index in [9.17, 15) is 19.2 Å². The Labute approximate surface area is 205 Å². The third-order valence-electron chi connectivity index (χ3n) is 5.25. The summed E-state index contributed by atoms with van der Waals surface area (Å²) in [6, 6.07) is 23.8. The third-order valence-corrected chi connectivity index (χ3v) is 6.88. The van der Waals surface area contributed by atoms with Gasteiger partial charge in [-0.25, -0.2) is 4.39 Å².